The zero-order chi connectivity index (χ0) is 15.8. The molecule has 0 aliphatic carbocycles. The van der Waals surface area contributed by atoms with Crippen molar-refractivity contribution in [2.75, 3.05) is 0 Å². The number of hydrogen-bond donors (Lipinski definition) is 1. The van der Waals surface area contributed by atoms with Crippen molar-refractivity contribution in [1.29, 1.82) is 0 Å². The second-order valence-electron chi connectivity index (χ2n) is 5.13. The third-order valence-corrected chi connectivity index (χ3v) is 4.47. The number of nitrogens with one attached hydrogen (secondary N) is 1. The lowest BCUT2D eigenvalue weighted by atomic mass is 10.1. The minimum atomic E-state index is -0.0520. The quantitative estimate of drug-likeness (QED) is 0.624. The first-order valence-corrected chi connectivity index (χ1v) is 7.95. The molecule has 0 aliphatic rings. The Balaban J connectivity index is 1.87. The van der Waals surface area contributed by atoms with Gasteiger partial charge in [0, 0.05) is 30.4 Å². The molecule has 0 bridgehead atoms. The normalized spacial score (nSPS) is 11.0. The van der Waals surface area contributed by atoms with E-state index in [-0.39, 0.29) is 5.56 Å². The Kier molecular flexibility index (Phi) is 3.24. The van der Waals surface area contributed by atoms with E-state index < -0.39 is 0 Å². The smallest absolute Gasteiger partial charge is 0.274 e. The second-order valence-corrected chi connectivity index (χ2v) is 5.98. The molecule has 5 nitrogen and oxygen atoms in total. The van der Waals surface area contributed by atoms with Crippen LogP contribution in [0, 0.1) is 0 Å². The van der Waals surface area contributed by atoms with Gasteiger partial charge in [-0.05, 0) is 18.2 Å². The fourth-order valence-corrected chi connectivity index (χ4v) is 3.28. The van der Waals surface area contributed by atoms with Gasteiger partial charge < -0.3 is 14.3 Å². The fraction of sp³-hybridized carbons (Fsp3) is 0.0588. The number of benzene rings is 1. The van der Waals surface area contributed by atoms with E-state index in [0.29, 0.717) is 11.4 Å². The van der Waals surface area contributed by atoms with Crippen LogP contribution in [0.5, 0.6) is 11.6 Å². The van der Waals surface area contributed by atoms with E-state index in [1.165, 1.54) is 11.3 Å². The number of pyridine rings is 1. The van der Waals surface area contributed by atoms with E-state index in [1.54, 1.807) is 23.3 Å². The molecular weight excluding hydrogens is 310 g/mol. The molecule has 1 aromatic carbocycles. The molecule has 6 heteroatoms. The number of ether oxygens (including phenoxy) is 1. The van der Waals surface area contributed by atoms with Crippen LogP contribution in [0.3, 0.4) is 0 Å². The van der Waals surface area contributed by atoms with Crippen molar-refractivity contribution < 1.29 is 4.74 Å². The van der Waals surface area contributed by atoms with Crippen molar-refractivity contribution in [3.05, 3.63) is 64.7 Å². The second kappa shape index (κ2) is 5.40. The lowest BCUT2D eigenvalue weighted by molar-refractivity contribution is 0.468. The molecule has 1 N–H and O–H groups in total. The van der Waals surface area contributed by atoms with Crippen LogP contribution in [-0.2, 0) is 7.05 Å². The molecule has 0 radical (unpaired) electrons. The van der Waals surface area contributed by atoms with E-state index in [0.717, 1.165) is 21.6 Å². The van der Waals surface area contributed by atoms with Gasteiger partial charge in [-0.1, -0.05) is 18.2 Å². The third-order valence-electron chi connectivity index (χ3n) is 3.63. The van der Waals surface area contributed by atoms with Crippen LogP contribution in [0.2, 0.25) is 0 Å². The van der Waals surface area contributed by atoms with Gasteiger partial charge in [-0.3, -0.25) is 4.79 Å². The lowest BCUT2D eigenvalue weighted by Crippen LogP contribution is -2.16. The highest BCUT2D eigenvalue weighted by atomic mass is 32.1. The van der Waals surface area contributed by atoms with Crippen LogP contribution in [-0.4, -0.2) is 14.5 Å². The van der Waals surface area contributed by atoms with E-state index >= 15 is 0 Å². The van der Waals surface area contributed by atoms with E-state index in [1.807, 2.05) is 42.6 Å². The summed E-state index contributed by atoms with van der Waals surface area (Å²) < 4.78 is 7.47. The monoisotopic (exact) mass is 323 g/mol. The largest absolute Gasteiger partial charge is 0.438 e. The van der Waals surface area contributed by atoms with Crippen LogP contribution in [0.25, 0.3) is 21.3 Å². The fourth-order valence-electron chi connectivity index (χ4n) is 2.54. The van der Waals surface area contributed by atoms with E-state index in [2.05, 4.69) is 9.97 Å². The van der Waals surface area contributed by atoms with Gasteiger partial charge >= 0.3 is 0 Å². The van der Waals surface area contributed by atoms with Crippen LogP contribution >= 0.6 is 11.3 Å². The first kappa shape index (κ1) is 13.8. The Morgan fingerprint density at radius 2 is 2.04 bits per heavy atom. The average Bonchev–Trinajstić information content (AvgIpc) is 3.21. The van der Waals surface area contributed by atoms with Crippen LogP contribution in [0.15, 0.2) is 59.1 Å². The van der Waals surface area contributed by atoms with Crippen molar-refractivity contribution in [2.24, 2.45) is 7.05 Å². The molecule has 0 spiro atoms. The van der Waals surface area contributed by atoms with Crippen LogP contribution in [0.4, 0.5) is 0 Å². The molecule has 23 heavy (non-hydrogen) atoms. The summed E-state index contributed by atoms with van der Waals surface area (Å²) in [5, 5.41) is 0.871. The summed E-state index contributed by atoms with van der Waals surface area (Å²) in [5.41, 5.74) is 3.21. The highest BCUT2D eigenvalue weighted by molar-refractivity contribution is 7.13. The number of aryl methyl sites for hydroxylation is 1. The maximum Gasteiger partial charge on any atom is 0.274 e. The molecular formula is C17H13N3O2S. The van der Waals surface area contributed by atoms with Gasteiger partial charge in [0.05, 0.1) is 5.51 Å². The summed E-state index contributed by atoms with van der Waals surface area (Å²) in [6.07, 6.45) is 3.60. The molecule has 0 saturated heterocycles. The maximum atomic E-state index is 12.2. The first-order valence-electron chi connectivity index (χ1n) is 7.07. The number of hydrogen-bond acceptors (Lipinski definition) is 4. The number of nitrogens with zero attached hydrogens (tertiary/aromatic N) is 2. The van der Waals surface area contributed by atoms with Crippen molar-refractivity contribution >= 4 is 22.2 Å². The lowest BCUT2D eigenvalue weighted by Gasteiger charge is -2.08. The Labute approximate surface area is 135 Å². The number of para-hydroxylation sites is 1. The molecule has 0 fully saturated rings. The predicted octanol–water partition coefficient (Wildman–Crippen LogP) is 3.78. The number of thiazole rings is 1. The molecule has 4 rings (SSSR count). The minimum absolute atomic E-state index is 0.0520. The van der Waals surface area contributed by atoms with Gasteiger partial charge in [0.2, 0.25) is 5.88 Å². The summed E-state index contributed by atoms with van der Waals surface area (Å²) in [4.78, 5) is 20.4. The van der Waals surface area contributed by atoms with E-state index in [9.17, 15) is 4.79 Å². The third kappa shape index (κ3) is 2.33. The highest BCUT2D eigenvalue weighted by Gasteiger charge is 2.16. The van der Waals surface area contributed by atoms with Crippen molar-refractivity contribution in [3.8, 4) is 22.1 Å². The maximum absolute atomic E-state index is 12.2. The standard InChI is InChI=1S/C17H13N3O2S/c1-20-9-13(12-7-8-18-14(12)17(20)21)15-16(19-10-23-15)22-11-5-3-2-4-6-11/h2-10,18H,1H3. The minimum Gasteiger partial charge on any atom is -0.438 e. The van der Waals surface area contributed by atoms with Gasteiger partial charge in [0.15, 0.2) is 0 Å². The molecule has 0 saturated carbocycles. The number of aromatic nitrogens is 3. The average molecular weight is 323 g/mol. The van der Waals surface area contributed by atoms with Crippen molar-refractivity contribution in [1.82, 2.24) is 14.5 Å². The Hall–Kier alpha value is -2.86. The van der Waals surface area contributed by atoms with Gasteiger partial charge in [-0.15, -0.1) is 11.3 Å². The van der Waals surface area contributed by atoms with Gasteiger partial charge in [0.1, 0.15) is 16.1 Å². The topological polar surface area (TPSA) is 59.9 Å². The molecule has 3 heterocycles. The zero-order valence-corrected chi connectivity index (χ0v) is 13.1. The van der Waals surface area contributed by atoms with Gasteiger partial charge in [-0.25, -0.2) is 4.98 Å². The Morgan fingerprint density at radius 3 is 2.87 bits per heavy atom. The zero-order valence-electron chi connectivity index (χ0n) is 12.3. The molecule has 0 unspecified atom stereocenters. The van der Waals surface area contributed by atoms with Crippen molar-refractivity contribution in [2.45, 2.75) is 0 Å². The van der Waals surface area contributed by atoms with Crippen molar-refractivity contribution in [3.63, 3.8) is 0 Å². The van der Waals surface area contributed by atoms with Gasteiger partial charge in [-0.2, -0.15) is 0 Å². The van der Waals surface area contributed by atoms with Crippen LogP contribution < -0.4 is 10.3 Å². The summed E-state index contributed by atoms with van der Waals surface area (Å²) in [6, 6.07) is 11.4. The van der Waals surface area contributed by atoms with E-state index in [4.69, 9.17) is 4.74 Å². The first-order chi connectivity index (χ1) is 11.2. The van der Waals surface area contributed by atoms with Gasteiger partial charge in [0.25, 0.3) is 5.56 Å². The number of fused-ring (bicyclic) bond motifs is 1. The summed E-state index contributed by atoms with van der Waals surface area (Å²) in [7, 11) is 1.74. The summed E-state index contributed by atoms with van der Waals surface area (Å²) in [5.74, 6) is 1.28. The number of H-pyrrole nitrogens is 1. The number of aromatic amines is 1. The highest BCUT2D eigenvalue weighted by Crippen LogP contribution is 2.38. The molecule has 114 valence electrons. The molecule has 0 amide bonds. The molecule has 0 atom stereocenters. The van der Waals surface area contributed by atoms with Crippen LogP contribution in [0.1, 0.15) is 0 Å². The Bertz CT molecular complexity index is 1030. The molecule has 0 aliphatic heterocycles. The molecule has 4 aromatic rings. The summed E-state index contributed by atoms with van der Waals surface area (Å²) in [6.45, 7) is 0. The number of rotatable bonds is 3. The predicted molar refractivity (Wildman–Crippen MR) is 91.2 cm³/mol. The SMILES string of the molecule is Cn1cc(-c2scnc2Oc2ccccc2)c2cc[nH]c2c1=O. The summed E-state index contributed by atoms with van der Waals surface area (Å²) >= 11 is 1.49. The molecule has 3 aromatic heterocycles. The Morgan fingerprint density at radius 1 is 1.22 bits per heavy atom.